The molecule has 8 heteroatoms. The largest absolute Gasteiger partial charge is 0.384 e. The standard InChI is InChI=1S/C21H23N5O2S/c22-19-13-20(24-14-23-19)29(27,28)18-12-11-17(15-7-3-1-4-8-15)26-21(18)25-16-9-5-2-6-10-16/h2,5-6,9-15H,1,3-4,7-8H2,(H,25,26)(H2,22,23,24). The molecule has 1 fully saturated rings. The van der Waals surface area contributed by atoms with Gasteiger partial charge in [0.15, 0.2) is 5.03 Å². The van der Waals surface area contributed by atoms with E-state index in [1.165, 1.54) is 25.3 Å². The fourth-order valence-corrected chi connectivity index (χ4v) is 4.95. The number of nitrogens with two attached hydrogens (primary N) is 1. The number of hydrogen-bond acceptors (Lipinski definition) is 7. The Kier molecular flexibility index (Phi) is 5.44. The van der Waals surface area contributed by atoms with E-state index in [0.717, 1.165) is 30.6 Å². The quantitative estimate of drug-likeness (QED) is 0.611. The molecule has 0 spiro atoms. The van der Waals surface area contributed by atoms with Crippen molar-refractivity contribution in [2.24, 2.45) is 0 Å². The van der Waals surface area contributed by atoms with Gasteiger partial charge in [-0.05, 0) is 37.1 Å². The fraction of sp³-hybridized carbons (Fsp3) is 0.286. The van der Waals surface area contributed by atoms with Crippen molar-refractivity contribution >= 4 is 27.2 Å². The van der Waals surface area contributed by atoms with Gasteiger partial charge in [-0.3, -0.25) is 0 Å². The van der Waals surface area contributed by atoms with E-state index in [9.17, 15) is 8.42 Å². The summed E-state index contributed by atoms with van der Waals surface area (Å²) in [6, 6.07) is 14.1. The van der Waals surface area contributed by atoms with Gasteiger partial charge >= 0.3 is 0 Å². The molecule has 2 aromatic heterocycles. The molecule has 1 aliphatic rings. The molecule has 0 atom stereocenters. The number of rotatable bonds is 5. The van der Waals surface area contributed by atoms with E-state index in [1.807, 2.05) is 36.4 Å². The van der Waals surface area contributed by atoms with Gasteiger partial charge in [-0.2, -0.15) is 0 Å². The Morgan fingerprint density at radius 2 is 1.72 bits per heavy atom. The summed E-state index contributed by atoms with van der Waals surface area (Å²) in [6.45, 7) is 0. The maximum absolute atomic E-state index is 13.3. The minimum absolute atomic E-state index is 0.0685. The van der Waals surface area contributed by atoms with Crippen molar-refractivity contribution in [3.8, 4) is 0 Å². The lowest BCUT2D eigenvalue weighted by molar-refractivity contribution is 0.436. The van der Waals surface area contributed by atoms with Crippen LogP contribution in [0, 0.1) is 0 Å². The van der Waals surface area contributed by atoms with E-state index < -0.39 is 9.84 Å². The summed E-state index contributed by atoms with van der Waals surface area (Å²) >= 11 is 0. The van der Waals surface area contributed by atoms with Gasteiger partial charge in [0, 0.05) is 23.4 Å². The van der Waals surface area contributed by atoms with Crippen LogP contribution >= 0.6 is 0 Å². The monoisotopic (exact) mass is 409 g/mol. The zero-order chi connectivity index (χ0) is 20.3. The van der Waals surface area contributed by atoms with Crippen LogP contribution in [-0.2, 0) is 9.84 Å². The number of hydrogen-bond donors (Lipinski definition) is 2. The summed E-state index contributed by atoms with van der Waals surface area (Å²) < 4.78 is 26.5. The number of sulfone groups is 1. The van der Waals surface area contributed by atoms with E-state index in [-0.39, 0.29) is 15.7 Å². The molecule has 3 N–H and O–H groups in total. The molecule has 0 saturated heterocycles. The summed E-state index contributed by atoms with van der Waals surface area (Å²) in [7, 11) is -3.92. The molecule has 1 saturated carbocycles. The van der Waals surface area contributed by atoms with Crippen LogP contribution in [0.3, 0.4) is 0 Å². The van der Waals surface area contributed by atoms with Crippen LogP contribution in [0.1, 0.15) is 43.7 Å². The molecule has 29 heavy (non-hydrogen) atoms. The molecule has 1 aromatic carbocycles. The molecule has 2 heterocycles. The highest BCUT2D eigenvalue weighted by Gasteiger charge is 2.26. The highest BCUT2D eigenvalue weighted by molar-refractivity contribution is 7.91. The minimum atomic E-state index is -3.92. The van der Waals surface area contributed by atoms with Crippen LogP contribution in [0.2, 0.25) is 0 Å². The normalized spacial score (nSPS) is 15.2. The lowest BCUT2D eigenvalue weighted by Gasteiger charge is -2.22. The second-order valence-corrected chi connectivity index (χ2v) is 9.06. The molecule has 0 amide bonds. The molecule has 1 aliphatic carbocycles. The average Bonchev–Trinajstić information content (AvgIpc) is 2.75. The molecule has 7 nitrogen and oxygen atoms in total. The number of nitrogens with one attached hydrogen (secondary N) is 1. The SMILES string of the molecule is Nc1cc(S(=O)(=O)c2ccc(C3CCCCC3)nc2Nc2ccccc2)ncn1. The van der Waals surface area contributed by atoms with Gasteiger partial charge in [0.2, 0.25) is 9.84 Å². The zero-order valence-electron chi connectivity index (χ0n) is 16.0. The van der Waals surface area contributed by atoms with Crippen LogP contribution in [0.5, 0.6) is 0 Å². The van der Waals surface area contributed by atoms with E-state index in [2.05, 4.69) is 15.3 Å². The van der Waals surface area contributed by atoms with Crippen molar-refractivity contribution in [3.05, 3.63) is 60.6 Å². The lowest BCUT2D eigenvalue weighted by Crippen LogP contribution is -2.13. The number of pyridine rings is 1. The van der Waals surface area contributed by atoms with Crippen molar-refractivity contribution in [1.29, 1.82) is 0 Å². The third-order valence-electron chi connectivity index (χ3n) is 5.17. The average molecular weight is 410 g/mol. The number of nitrogens with zero attached hydrogens (tertiary/aromatic N) is 3. The zero-order valence-corrected chi connectivity index (χ0v) is 16.8. The number of nitrogen functional groups attached to an aromatic ring is 1. The topological polar surface area (TPSA) is 111 Å². The molecule has 3 aromatic rings. The first-order valence-electron chi connectivity index (χ1n) is 9.69. The Morgan fingerprint density at radius 1 is 0.966 bits per heavy atom. The van der Waals surface area contributed by atoms with Crippen LogP contribution in [-0.4, -0.2) is 23.4 Å². The Hall–Kier alpha value is -3.00. The minimum Gasteiger partial charge on any atom is -0.384 e. The molecular weight excluding hydrogens is 386 g/mol. The van der Waals surface area contributed by atoms with Crippen LogP contribution in [0.15, 0.2) is 64.8 Å². The molecule has 0 radical (unpaired) electrons. The highest BCUT2D eigenvalue weighted by atomic mass is 32.2. The lowest BCUT2D eigenvalue weighted by atomic mass is 9.87. The number of benzene rings is 1. The first-order chi connectivity index (χ1) is 14.0. The van der Waals surface area contributed by atoms with Crippen molar-refractivity contribution in [2.45, 2.75) is 47.9 Å². The van der Waals surface area contributed by atoms with Gasteiger partial charge in [-0.15, -0.1) is 0 Å². The first kappa shape index (κ1) is 19.3. The van der Waals surface area contributed by atoms with E-state index in [4.69, 9.17) is 10.7 Å². The van der Waals surface area contributed by atoms with Crippen molar-refractivity contribution in [2.75, 3.05) is 11.1 Å². The van der Waals surface area contributed by atoms with Gasteiger partial charge in [0.05, 0.1) is 0 Å². The summed E-state index contributed by atoms with van der Waals surface area (Å²) in [6.07, 6.45) is 6.89. The van der Waals surface area contributed by atoms with Gasteiger partial charge < -0.3 is 11.1 Å². The molecule has 0 bridgehead atoms. The maximum atomic E-state index is 13.3. The Balaban J connectivity index is 1.79. The first-order valence-corrected chi connectivity index (χ1v) is 11.2. The predicted molar refractivity (Wildman–Crippen MR) is 112 cm³/mol. The molecule has 4 rings (SSSR count). The van der Waals surface area contributed by atoms with Crippen molar-refractivity contribution in [3.63, 3.8) is 0 Å². The van der Waals surface area contributed by atoms with Crippen LogP contribution < -0.4 is 11.1 Å². The third kappa shape index (κ3) is 4.22. The Morgan fingerprint density at radius 3 is 2.45 bits per heavy atom. The van der Waals surface area contributed by atoms with Crippen LogP contribution in [0.25, 0.3) is 0 Å². The van der Waals surface area contributed by atoms with Gasteiger partial charge in [0.25, 0.3) is 0 Å². The van der Waals surface area contributed by atoms with Gasteiger partial charge in [-0.1, -0.05) is 37.5 Å². The summed E-state index contributed by atoms with van der Waals surface area (Å²) in [4.78, 5) is 12.5. The van der Waals surface area contributed by atoms with E-state index >= 15 is 0 Å². The third-order valence-corrected chi connectivity index (χ3v) is 6.85. The number of aromatic nitrogens is 3. The number of para-hydroxylation sites is 1. The Labute approximate surface area is 170 Å². The molecule has 150 valence electrons. The van der Waals surface area contributed by atoms with E-state index in [0.29, 0.717) is 11.7 Å². The van der Waals surface area contributed by atoms with Crippen LogP contribution in [0.4, 0.5) is 17.3 Å². The van der Waals surface area contributed by atoms with Crippen molar-refractivity contribution in [1.82, 2.24) is 15.0 Å². The fourth-order valence-electron chi connectivity index (χ4n) is 3.66. The summed E-state index contributed by atoms with van der Waals surface area (Å²) in [5.41, 5.74) is 7.35. The summed E-state index contributed by atoms with van der Waals surface area (Å²) in [5, 5.41) is 3.03. The summed E-state index contributed by atoms with van der Waals surface area (Å²) in [5.74, 6) is 0.755. The van der Waals surface area contributed by atoms with Crippen molar-refractivity contribution < 1.29 is 8.42 Å². The second-order valence-electron chi connectivity index (χ2n) is 7.19. The molecular formula is C21H23N5O2S. The number of anilines is 3. The smallest absolute Gasteiger partial charge is 0.227 e. The molecule has 0 aliphatic heterocycles. The highest BCUT2D eigenvalue weighted by Crippen LogP contribution is 2.35. The second kappa shape index (κ2) is 8.16. The van der Waals surface area contributed by atoms with Gasteiger partial charge in [-0.25, -0.2) is 23.4 Å². The van der Waals surface area contributed by atoms with Gasteiger partial charge in [0.1, 0.15) is 22.9 Å². The predicted octanol–water partition coefficient (Wildman–Crippen LogP) is 4.08. The Bertz CT molecular complexity index is 1100. The molecule has 0 unspecified atom stereocenters. The maximum Gasteiger partial charge on any atom is 0.227 e. The van der Waals surface area contributed by atoms with E-state index in [1.54, 1.807) is 6.07 Å².